The second-order valence-electron chi connectivity index (χ2n) is 35.8. The lowest BCUT2D eigenvalue weighted by Crippen LogP contribution is -2.61. The van der Waals surface area contributed by atoms with E-state index in [1.807, 2.05) is 0 Å². The first-order valence-corrected chi connectivity index (χ1v) is 43.3. The zero-order valence-electron chi connectivity index (χ0n) is 69.4. The first-order valence-electron chi connectivity index (χ1n) is 43.3. The van der Waals surface area contributed by atoms with Crippen LogP contribution < -0.4 is 26.2 Å². The molecule has 580 valence electrons. The number of hydrogen-bond acceptors (Lipinski definition) is 2. The predicted octanol–water partition coefficient (Wildman–Crippen LogP) is 29.9. The van der Waals surface area contributed by atoms with Crippen LogP contribution in [0.1, 0.15) is 96.3 Å². The molecule has 121 heavy (non-hydrogen) atoms. The van der Waals surface area contributed by atoms with Crippen molar-refractivity contribution >= 4 is 101 Å². The molecule has 0 atom stereocenters. The summed E-state index contributed by atoms with van der Waals surface area (Å²) in [6.45, 7) is 14.0. The SMILES string of the molecule is CC(C)(C)c1cc(-c2ccccc2)c(N2c3cc(-n4c5ccc(-c6ccccc6)cc5c5cc(-c6ccccc6)ccc54)ccc3B3c4ccc(-n5c6ccc(-c7ccccc7)cc6c6cc(-c7ccccc7)ccc65)cc4N(c4c(-c5ccccc5)cc(C(C)(C)C)cc4-c4ccccc4)c4cc(C5CCCCC5)cc2c43)c(-c2ccccc2)c1. The van der Waals surface area contributed by atoms with Crippen molar-refractivity contribution < 1.29 is 0 Å². The number of fused-ring (bicyclic) bond motifs is 10. The molecular weight excluding hydrogens is 1460 g/mol. The summed E-state index contributed by atoms with van der Waals surface area (Å²) in [7, 11) is 0. The zero-order chi connectivity index (χ0) is 81.2. The van der Waals surface area contributed by atoms with Gasteiger partial charge in [-0.05, 0) is 239 Å². The molecule has 5 heteroatoms. The van der Waals surface area contributed by atoms with Gasteiger partial charge in [0.1, 0.15) is 0 Å². The van der Waals surface area contributed by atoms with E-state index in [9.17, 15) is 0 Å². The van der Waals surface area contributed by atoms with E-state index in [1.165, 1.54) is 174 Å². The molecule has 1 aliphatic carbocycles. The second kappa shape index (κ2) is 29.5. The molecule has 4 nitrogen and oxygen atoms in total. The maximum absolute atomic E-state index is 2.80. The number of anilines is 6. The largest absolute Gasteiger partial charge is 0.310 e. The van der Waals surface area contributed by atoms with E-state index in [1.54, 1.807) is 0 Å². The molecule has 2 aliphatic heterocycles. The van der Waals surface area contributed by atoms with Crippen LogP contribution in [0.4, 0.5) is 34.1 Å². The fourth-order valence-electron chi connectivity index (χ4n) is 20.2. The van der Waals surface area contributed by atoms with E-state index in [-0.39, 0.29) is 17.5 Å². The molecule has 4 heterocycles. The lowest BCUT2D eigenvalue weighted by atomic mass is 9.33. The quantitative estimate of drug-likeness (QED) is 0.107. The molecule has 0 amide bonds. The molecule has 1 fully saturated rings. The molecule has 2 aromatic heterocycles. The van der Waals surface area contributed by atoms with Gasteiger partial charge in [0.15, 0.2) is 0 Å². The van der Waals surface area contributed by atoms with Crippen molar-refractivity contribution in [3.63, 3.8) is 0 Å². The van der Waals surface area contributed by atoms with Crippen LogP contribution >= 0.6 is 0 Å². The van der Waals surface area contributed by atoms with Crippen LogP contribution in [0.5, 0.6) is 0 Å². The summed E-state index contributed by atoms with van der Waals surface area (Å²) in [5.74, 6) is 0.298. The summed E-state index contributed by atoms with van der Waals surface area (Å²) in [5.41, 5.74) is 40.0. The van der Waals surface area contributed by atoms with Crippen molar-refractivity contribution in [1.82, 2.24) is 9.13 Å². The summed E-state index contributed by atoms with van der Waals surface area (Å²) in [6, 6.07) is 148. The molecule has 19 aromatic rings. The van der Waals surface area contributed by atoms with E-state index in [0.29, 0.717) is 5.92 Å². The van der Waals surface area contributed by atoms with Gasteiger partial charge >= 0.3 is 0 Å². The standard InChI is InChI=1S/C116H93BN4/c1-115(2,3)90-70-94(81-44-26-12-27-45-81)113(95(71-90)82-46-28-13-29-47-82)120-108-74-92(118-104-60-52-85(76-34-16-7-17-35-76)64-98(104)99-65-86(53-61-105(99)118)77-36-18-8-19-37-77)56-58-102(108)117-103-59-57-93(119-106-62-54-87(78-38-20-9-21-39-78)66-100(106)101-67-88(55-63-107(101)119)79-40-22-10-23-41-79)75-109(103)121(111-69-89(68-110(120)112(111)117)80-42-24-11-25-43-80)114-96(83-48-30-14-31-49-83)72-91(116(4,5)6)73-97(114)84-50-32-15-33-51-84/h7-10,12-23,26-41,44-75,80H,11,24-25,42-43H2,1-6H3. The van der Waals surface area contributed by atoms with Crippen LogP contribution in [0.15, 0.2) is 388 Å². The Kier molecular flexibility index (Phi) is 17.9. The third-order valence-electron chi connectivity index (χ3n) is 26.4. The van der Waals surface area contributed by atoms with E-state index >= 15 is 0 Å². The van der Waals surface area contributed by atoms with Crippen LogP contribution in [0.2, 0.25) is 0 Å². The van der Waals surface area contributed by atoms with Gasteiger partial charge in [-0.3, -0.25) is 0 Å². The Bertz CT molecular complexity index is 6480. The zero-order valence-corrected chi connectivity index (χ0v) is 69.4. The highest BCUT2D eigenvalue weighted by molar-refractivity contribution is 7.00. The van der Waals surface area contributed by atoms with Crippen LogP contribution in [-0.2, 0) is 10.8 Å². The highest BCUT2D eigenvalue weighted by Gasteiger charge is 2.47. The molecule has 22 rings (SSSR count). The molecule has 0 bridgehead atoms. The minimum Gasteiger partial charge on any atom is -0.310 e. The number of aromatic nitrogens is 2. The molecule has 17 aromatic carbocycles. The molecular formula is C116H93BN4. The number of rotatable bonds is 13. The molecule has 0 saturated heterocycles. The van der Waals surface area contributed by atoms with Crippen molar-refractivity contribution in [3.05, 3.63) is 405 Å². The van der Waals surface area contributed by atoms with E-state index in [4.69, 9.17) is 0 Å². The van der Waals surface area contributed by atoms with E-state index < -0.39 is 0 Å². The van der Waals surface area contributed by atoms with Crippen LogP contribution in [0, 0.1) is 0 Å². The Morgan fingerprint density at radius 2 is 0.521 bits per heavy atom. The summed E-state index contributed by atoms with van der Waals surface area (Å²) in [5, 5.41) is 4.83. The maximum atomic E-state index is 2.80. The van der Waals surface area contributed by atoms with Gasteiger partial charge in [-0.1, -0.05) is 340 Å². The Hall–Kier alpha value is -14.0. The molecule has 1 saturated carbocycles. The van der Waals surface area contributed by atoms with Crippen molar-refractivity contribution in [2.75, 3.05) is 9.80 Å². The Morgan fingerprint density at radius 1 is 0.248 bits per heavy atom. The first kappa shape index (κ1) is 73.4. The van der Waals surface area contributed by atoms with Gasteiger partial charge in [-0.2, -0.15) is 0 Å². The molecule has 0 radical (unpaired) electrons. The van der Waals surface area contributed by atoms with Gasteiger partial charge < -0.3 is 18.9 Å². The predicted molar refractivity (Wildman–Crippen MR) is 516 cm³/mol. The van der Waals surface area contributed by atoms with Gasteiger partial charge in [0.05, 0.1) is 33.4 Å². The highest BCUT2D eigenvalue weighted by atomic mass is 15.2. The maximum Gasteiger partial charge on any atom is 0.252 e. The van der Waals surface area contributed by atoms with Gasteiger partial charge in [-0.15, -0.1) is 0 Å². The van der Waals surface area contributed by atoms with Crippen molar-refractivity contribution in [1.29, 1.82) is 0 Å². The monoisotopic (exact) mass is 1550 g/mol. The van der Waals surface area contributed by atoms with Crippen LogP contribution in [0.25, 0.3) is 144 Å². The normalized spacial score (nSPS) is 13.5. The lowest BCUT2D eigenvalue weighted by Gasteiger charge is -2.46. The smallest absolute Gasteiger partial charge is 0.252 e. The highest BCUT2D eigenvalue weighted by Crippen LogP contribution is 2.57. The van der Waals surface area contributed by atoms with Gasteiger partial charge in [-0.25, -0.2) is 0 Å². The summed E-state index contributed by atoms with van der Waals surface area (Å²) >= 11 is 0. The van der Waals surface area contributed by atoms with Crippen molar-refractivity contribution in [2.45, 2.75) is 90.4 Å². The minimum atomic E-state index is -0.269. The fourth-order valence-corrected chi connectivity index (χ4v) is 20.2. The molecule has 3 aliphatic rings. The average Bonchev–Trinajstić information content (AvgIpc) is 1.25. The van der Waals surface area contributed by atoms with Crippen LogP contribution in [-0.4, -0.2) is 15.8 Å². The third kappa shape index (κ3) is 12.7. The summed E-state index contributed by atoms with van der Waals surface area (Å²) in [6.07, 6.45) is 5.80. The van der Waals surface area contributed by atoms with Gasteiger partial charge in [0.2, 0.25) is 0 Å². The first-order chi connectivity index (χ1) is 59.3. The van der Waals surface area contributed by atoms with Gasteiger partial charge in [0, 0.05) is 77.9 Å². The summed E-state index contributed by atoms with van der Waals surface area (Å²) in [4.78, 5) is 5.60. The third-order valence-corrected chi connectivity index (χ3v) is 26.4. The fraction of sp³-hybridized carbons (Fsp3) is 0.121. The van der Waals surface area contributed by atoms with Crippen molar-refractivity contribution in [2.24, 2.45) is 0 Å². The molecule has 0 spiro atoms. The van der Waals surface area contributed by atoms with Crippen LogP contribution in [0.3, 0.4) is 0 Å². The number of benzene rings is 17. The van der Waals surface area contributed by atoms with Gasteiger partial charge in [0.25, 0.3) is 6.71 Å². The summed E-state index contributed by atoms with van der Waals surface area (Å²) < 4.78 is 5.14. The molecule has 0 unspecified atom stereocenters. The topological polar surface area (TPSA) is 16.3 Å². The van der Waals surface area contributed by atoms with Crippen molar-refractivity contribution in [3.8, 4) is 100 Å². The second-order valence-corrected chi connectivity index (χ2v) is 35.8. The Labute approximate surface area is 710 Å². The minimum absolute atomic E-state index is 0.213. The van der Waals surface area contributed by atoms with E-state index in [2.05, 4.69) is 449 Å². The molecule has 0 N–H and O–H groups in total. The number of nitrogens with zero attached hydrogens (tertiary/aromatic N) is 4. The Balaban J connectivity index is 0.897. The lowest BCUT2D eigenvalue weighted by molar-refractivity contribution is 0.444. The number of hydrogen-bond donors (Lipinski definition) is 0. The average molecular weight is 1550 g/mol. The Morgan fingerprint density at radius 3 is 0.793 bits per heavy atom. The van der Waals surface area contributed by atoms with E-state index in [0.717, 1.165) is 69.0 Å².